The largest absolute Gasteiger partial charge is 0.497 e. The van der Waals surface area contributed by atoms with Crippen molar-refractivity contribution in [2.24, 2.45) is 0 Å². The normalized spacial score (nSPS) is 11.4. The molecule has 0 unspecified atom stereocenters. The zero-order chi connectivity index (χ0) is 17.5. The van der Waals surface area contributed by atoms with Crippen LogP contribution in [0.25, 0.3) is 0 Å². The fourth-order valence-corrected chi connectivity index (χ4v) is 2.01. The van der Waals surface area contributed by atoms with Gasteiger partial charge in [-0.3, -0.25) is 4.79 Å². The van der Waals surface area contributed by atoms with Crippen molar-refractivity contribution in [1.82, 2.24) is 5.32 Å². The lowest BCUT2D eigenvalue weighted by Crippen LogP contribution is -2.35. The van der Waals surface area contributed by atoms with Crippen LogP contribution in [0.1, 0.15) is 22.8 Å². The number of carbonyl (C=O) groups is 2. The number of methoxy groups -OCH3 is 1. The molecule has 126 valence electrons. The van der Waals surface area contributed by atoms with Gasteiger partial charge in [-0.25, -0.2) is 4.79 Å². The summed E-state index contributed by atoms with van der Waals surface area (Å²) in [5.41, 5.74) is 1.11. The smallest absolute Gasteiger partial charge is 0.335 e. The van der Waals surface area contributed by atoms with Crippen molar-refractivity contribution in [2.75, 3.05) is 7.11 Å². The van der Waals surface area contributed by atoms with Gasteiger partial charge in [0.15, 0.2) is 6.10 Å². The molecule has 0 aliphatic carbocycles. The van der Waals surface area contributed by atoms with Gasteiger partial charge in [0.1, 0.15) is 11.5 Å². The number of rotatable bonds is 7. The number of aromatic carboxylic acids is 1. The van der Waals surface area contributed by atoms with Crippen LogP contribution < -0.4 is 14.8 Å². The standard InChI is InChI=1S/C18H19NO5/c1-12(24-16-9-5-14(6-10-16)18(21)22)17(20)19-11-13-3-7-15(23-2)8-4-13/h3-10,12H,11H2,1-2H3,(H,19,20)(H,21,22)/t12-/m1/s1. The van der Waals surface area contributed by atoms with Crippen LogP contribution in [-0.4, -0.2) is 30.2 Å². The summed E-state index contributed by atoms with van der Waals surface area (Å²) >= 11 is 0. The van der Waals surface area contributed by atoms with Crippen molar-refractivity contribution in [1.29, 1.82) is 0 Å². The predicted octanol–water partition coefficient (Wildman–Crippen LogP) is 2.48. The van der Waals surface area contributed by atoms with Crippen LogP contribution in [0.2, 0.25) is 0 Å². The van der Waals surface area contributed by atoms with Crippen molar-refractivity contribution >= 4 is 11.9 Å². The topological polar surface area (TPSA) is 84.9 Å². The first kappa shape index (κ1) is 17.3. The van der Waals surface area contributed by atoms with Gasteiger partial charge in [-0.05, 0) is 48.9 Å². The highest BCUT2D eigenvalue weighted by Crippen LogP contribution is 2.14. The Kier molecular flexibility index (Phi) is 5.78. The van der Waals surface area contributed by atoms with Crippen LogP contribution in [0.3, 0.4) is 0 Å². The van der Waals surface area contributed by atoms with Gasteiger partial charge < -0.3 is 19.9 Å². The second-order valence-corrected chi connectivity index (χ2v) is 5.16. The number of amides is 1. The van der Waals surface area contributed by atoms with Crippen LogP contribution in [-0.2, 0) is 11.3 Å². The minimum atomic E-state index is -1.01. The molecule has 2 rings (SSSR count). The molecule has 0 spiro atoms. The number of hydrogen-bond donors (Lipinski definition) is 2. The molecule has 0 saturated carbocycles. The lowest BCUT2D eigenvalue weighted by molar-refractivity contribution is -0.127. The number of nitrogens with one attached hydrogen (secondary N) is 1. The Bertz CT molecular complexity index is 694. The van der Waals surface area contributed by atoms with Gasteiger partial charge in [0, 0.05) is 6.54 Å². The van der Waals surface area contributed by atoms with Gasteiger partial charge in [-0.2, -0.15) is 0 Å². The molecule has 0 saturated heterocycles. The molecule has 0 radical (unpaired) electrons. The maximum Gasteiger partial charge on any atom is 0.335 e. The lowest BCUT2D eigenvalue weighted by atomic mass is 10.2. The second-order valence-electron chi connectivity index (χ2n) is 5.16. The van der Waals surface area contributed by atoms with Crippen molar-refractivity contribution in [3.05, 3.63) is 59.7 Å². The Labute approximate surface area is 140 Å². The van der Waals surface area contributed by atoms with E-state index < -0.39 is 12.1 Å². The predicted molar refractivity (Wildman–Crippen MR) is 88.3 cm³/mol. The van der Waals surface area contributed by atoms with Crippen molar-refractivity contribution < 1.29 is 24.2 Å². The molecule has 0 aromatic heterocycles. The van der Waals surface area contributed by atoms with E-state index in [0.717, 1.165) is 11.3 Å². The van der Waals surface area contributed by atoms with E-state index in [2.05, 4.69) is 5.32 Å². The summed E-state index contributed by atoms with van der Waals surface area (Å²) in [5, 5.41) is 11.6. The van der Waals surface area contributed by atoms with Gasteiger partial charge in [-0.15, -0.1) is 0 Å². The fourth-order valence-electron chi connectivity index (χ4n) is 2.01. The van der Waals surface area contributed by atoms with Gasteiger partial charge in [0.2, 0.25) is 0 Å². The molecule has 0 aliphatic heterocycles. The molecule has 2 aromatic rings. The summed E-state index contributed by atoms with van der Waals surface area (Å²) in [7, 11) is 1.60. The van der Waals surface area contributed by atoms with Crippen molar-refractivity contribution in [2.45, 2.75) is 19.6 Å². The highest BCUT2D eigenvalue weighted by Gasteiger charge is 2.14. The number of carboxylic acid groups (broad SMARTS) is 1. The Morgan fingerprint density at radius 1 is 1.04 bits per heavy atom. The van der Waals surface area contributed by atoms with Gasteiger partial charge in [0.05, 0.1) is 12.7 Å². The third-order valence-corrected chi connectivity index (χ3v) is 3.41. The number of hydrogen-bond acceptors (Lipinski definition) is 4. The molecular formula is C18H19NO5. The molecule has 0 heterocycles. The van der Waals surface area contributed by atoms with E-state index in [1.165, 1.54) is 24.3 Å². The van der Waals surface area contributed by atoms with E-state index in [1.807, 2.05) is 24.3 Å². The number of benzene rings is 2. The molecule has 2 N–H and O–H groups in total. The Hall–Kier alpha value is -3.02. The summed E-state index contributed by atoms with van der Waals surface area (Å²) in [6.07, 6.45) is -0.695. The SMILES string of the molecule is COc1ccc(CNC(=O)[C@@H](C)Oc2ccc(C(=O)O)cc2)cc1. The molecule has 24 heavy (non-hydrogen) atoms. The average Bonchev–Trinajstić information content (AvgIpc) is 2.60. The number of carbonyl (C=O) groups excluding carboxylic acids is 1. The highest BCUT2D eigenvalue weighted by molar-refractivity contribution is 5.87. The minimum absolute atomic E-state index is 0.166. The summed E-state index contributed by atoms with van der Waals surface area (Å²) < 4.78 is 10.6. The minimum Gasteiger partial charge on any atom is -0.497 e. The summed E-state index contributed by atoms with van der Waals surface area (Å²) in [6.45, 7) is 2.02. The molecular weight excluding hydrogens is 310 g/mol. The van der Waals surface area contributed by atoms with E-state index in [0.29, 0.717) is 12.3 Å². The maximum absolute atomic E-state index is 12.1. The molecule has 6 heteroatoms. The van der Waals surface area contributed by atoms with Crippen LogP contribution >= 0.6 is 0 Å². The van der Waals surface area contributed by atoms with E-state index in [9.17, 15) is 9.59 Å². The van der Waals surface area contributed by atoms with Crippen LogP contribution in [0.4, 0.5) is 0 Å². The summed E-state index contributed by atoms with van der Waals surface area (Å²) in [5.74, 6) is -0.0707. The molecule has 2 aromatic carbocycles. The molecule has 6 nitrogen and oxygen atoms in total. The second kappa shape index (κ2) is 8.01. The van der Waals surface area contributed by atoms with Crippen molar-refractivity contribution in [3.8, 4) is 11.5 Å². The van der Waals surface area contributed by atoms with Crippen molar-refractivity contribution in [3.63, 3.8) is 0 Å². The highest BCUT2D eigenvalue weighted by atomic mass is 16.5. The van der Waals surface area contributed by atoms with Crippen LogP contribution in [0, 0.1) is 0 Å². The first-order valence-electron chi connectivity index (χ1n) is 7.40. The zero-order valence-corrected chi connectivity index (χ0v) is 13.5. The first-order valence-corrected chi connectivity index (χ1v) is 7.40. The van der Waals surface area contributed by atoms with Gasteiger partial charge in [0.25, 0.3) is 5.91 Å². The third-order valence-electron chi connectivity index (χ3n) is 3.41. The summed E-state index contributed by atoms with van der Waals surface area (Å²) in [4.78, 5) is 22.9. The molecule has 1 atom stereocenters. The van der Waals surface area contributed by atoms with Gasteiger partial charge >= 0.3 is 5.97 Å². The molecule has 0 aliphatic rings. The lowest BCUT2D eigenvalue weighted by Gasteiger charge is -2.15. The van der Waals surface area contributed by atoms with Crippen LogP contribution in [0.15, 0.2) is 48.5 Å². The third kappa shape index (κ3) is 4.74. The van der Waals surface area contributed by atoms with E-state index in [1.54, 1.807) is 14.0 Å². The fraction of sp³-hybridized carbons (Fsp3) is 0.222. The number of carboxylic acids is 1. The monoisotopic (exact) mass is 329 g/mol. The zero-order valence-electron chi connectivity index (χ0n) is 13.5. The Balaban J connectivity index is 1.85. The van der Waals surface area contributed by atoms with E-state index in [-0.39, 0.29) is 11.5 Å². The maximum atomic E-state index is 12.1. The Morgan fingerprint density at radius 2 is 1.62 bits per heavy atom. The van der Waals surface area contributed by atoms with E-state index in [4.69, 9.17) is 14.6 Å². The van der Waals surface area contributed by atoms with E-state index >= 15 is 0 Å². The van der Waals surface area contributed by atoms with Gasteiger partial charge in [-0.1, -0.05) is 12.1 Å². The van der Waals surface area contributed by atoms with Crippen LogP contribution in [0.5, 0.6) is 11.5 Å². The molecule has 1 amide bonds. The molecule has 0 fully saturated rings. The molecule has 0 bridgehead atoms. The quantitative estimate of drug-likeness (QED) is 0.815. The number of ether oxygens (including phenoxy) is 2. The Morgan fingerprint density at radius 3 is 2.17 bits per heavy atom. The first-order chi connectivity index (χ1) is 11.5. The summed E-state index contributed by atoms with van der Waals surface area (Å²) in [6, 6.07) is 13.3. The average molecular weight is 329 g/mol.